The molecule has 1 aromatic carbocycles. The molecule has 1 saturated carbocycles. The minimum Gasteiger partial charge on any atom is -0.507 e. The molecule has 186 valence electrons. The second-order valence-corrected chi connectivity index (χ2v) is 9.42. The molecule has 3 rings (SSSR count). The molecule has 1 aromatic rings. The largest absolute Gasteiger partial charge is 0.507 e. The molecule has 12 heteroatoms. The van der Waals surface area contributed by atoms with E-state index in [0.717, 1.165) is 0 Å². The first-order valence-corrected chi connectivity index (χ1v) is 11.2. The first kappa shape index (κ1) is 25.8. The van der Waals surface area contributed by atoms with Crippen molar-refractivity contribution in [2.75, 3.05) is 40.3 Å². The van der Waals surface area contributed by atoms with E-state index in [1.54, 1.807) is 27.1 Å². The van der Waals surface area contributed by atoms with Crippen LogP contribution in [-0.4, -0.2) is 101 Å². The average Bonchev–Trinajstić information content (AvgIpc) is 3.40. The van der Waals surface area contributed by atoms with Crippen LogP contribution >= 0.6 is 0 Å². The van der Waals surface area contributed by atoms with Crippen molar-refractivity contribution >= 4 is 24.9 Å². The molecule has 0 radical (unpaired) electrons. The number of aromatic carboxylic acids is 1. The third-order valence-electron chi connectivity index (χ3n) is 6.65. The smallest absolute Gasteiger partial charge is 0.455 e. The molecule has 3 unspecified atom stereocenters. The van der Waals surface area contributed by atoms with Gasteiger partial charge in [0.2, 0.25) is 11.8 Å². The summed E-state index contributed by atoms with van der Waals surface area (Å²) < 4.78 is 5.83. The molecule has 0 spiro atoms. The zero-order valence-corrected chi connectivity index (χ0v) is 19.8. The van der Waals surface area contributed by atoms with Crippen molar-refractivity contribution in [1.29, 1.82) is 0 Å². The first-order chi connectivity index (χ1) is 15.9. The third-order valence-corrected chi connectivity index (χ3v) is 6.65. The maximum Gasteiger partial charge on any atom is 0.455 e. The van der Waals surface area contributed by atoms with Crippen molar-refractivity contribution in [2.24, 2.45) is 11.8 Å². The number of benzene rings is 1. The van der Waals surface area contributed by atoms with Crippen molar-refractivity contribution in [3.8, 4) is 11.5 Å². The van der Waals surface area contributed by atoms with Crippen LogP contribution in [0.1, 0.15) is 35.7 Å². The fourth-order valence-corrected chi connectivity index (χ4v) is 4.49. The molecule has 1 aliphatic carbocycles. The lowest BCUT2D eigenvalue weighted by molar-refractivity contribution is -0.132. The molecule has 2 aliphatic rings. The monoisotopic (exact) mass is 477 g/mol. The quantitative estimate of drug-likeness (QED) is 0.282. The lowest BCUT2D eigenvalue weighted by Crippen LogP contribution is -2.56. The first-order valence-electron chi connectivity index (χ1n) is 11.2. The number of hydrogen-bond acceptors (Lipinski definition) is 8. The Bertz CT molecular complexity index is 950. The lowest BCUT2D eigenvalue weighted by atomic mass is 9.80. The predicted octanol–water partition coefficient (Wildman–Crippen LogP) is -0.430. The lowest BCUT2D eigenvalue weighted by Gasteiger charge is -2.40. The van der Waals surface area contributed by atoms with Crippen LogP contribution < -0.4 is 10.1 Å². The van der Waals surface area contributed by atoms with Gasteiger partial charge in [-0.15, -0.1) is 0 Å². The summed E-state index contributed by atoms with van der Waals surface area (Å²) >= 11 is 0. The second kappa shape index (κ2) is 10.2. The number of phenols is 1. The molecule has 0 aromatic heterocycles. The van der Waals surface area contributed by atoms with Gasteiger partial charge in [0.1, 0.15) is 23.2 Å². The fourth-order valence-electron chi connectivity index (χ4n) is 4.49. The second-order valence-electron chi connectivity index (χ2n) is 9.42. The van der Waals surface area contributed by atoms with Gasteiger partial charge in [-0.05, 0) is 23.5 Å². The molecule has 2 amide bonds. The number of nitrogens with zero attached hydrogens (tertiary/aromatic N) is 2. The van der Waals surface area contributed by atoms with E-state index in [-0.39, 0.29) is 53.5 Å². The van der Waals surface area contributed by atoms with Crippen molar-refractivity contribution in [3.05, 3.63) is 23.3 Å². The summed E-state index contributed by atoms with van der Waals surface area (Å²) in [6, 6.07) is 3.06. The van der Waals surface area contributed by atoms with Gasteiger partial charge in [0.05, 0.1) is 6.54 Å². The van der Waals surface area contributed by atoms with Gasteiger partial charge in [0.25, 0.3) is 0 Å². The molecular formula is C22H32BN3O8. The Hall–Kier alpha value is -2.83. The number of hydrogen-bond donors (Lipinski definition) is 5. The number of aromatic hydroxyl groups is 1. The van der Waals surface area contributed by atoms with Crippen molar-refractivity contribution in [3.63, 3.8) is 0 Å². The van der Waals surface area contributed by atoms with Crippen LogP contribution in [0.25, 0.3) is 0 Å². The van der Waals surface area contributed by atoms with Gasteiger partial charge < -0.3 is 35.2 Å². The molecular weight excluding hydrogens is 445 g/mol. The van der Waals surface area contributed by atoms with Crippen molar-refractivity contribution in [1.82, 2.24) is 15.1 Å². The summed E-state index contributed by atoms with van der Waals surface area (Å²) in [5.41, 5.74) is 0.0118. The van der Waals surface area contributed by atoms with Crippen LogP contribution in [0.4, 0.5) is 0 Å². The Morgan fingerprint density at radius 1 is 1.26 bits per heavy atom. The Kier molecular flexibility index (Phi) is 7.74. The van der Waals surface area contributed by atoms with Crippen LogP contribution in [-0.2, 0) is 9.59 Å². The highest BCUT2D eigenvalue weighted by atomic mass is 16.5. The van der Waals surface area contributed by atoms with Crippen LogP contribution in [0.2, 0.25) is 5.82 Å². The standard InChI is InChI=1S/C22H32BN3O8/c1-11(21(29)24-7-16(27)25(3)4)8-26-9-13(10-26)34-15-6-5-14(20(28)18(15)22(30)31)17-12(2)19(17)23(32)33/h5-6,11-13,17,19,28,32-33H,7-10H2,1-4H3,(H,24,29)(H,30,31)/t11-,12?,17?,19?/m0/s1. The van der Waals surface area contributed by atoms with E-state index in [9.17, 15) is 34.6 Å². The summed E-state index contributed by atoms with van der Waals surface area (Å²) in [6.07, 6.45) is -0.305. The molecule has 34 heavy (non-hydrogen) atoms. The summed E-state index contributed by atoms with van der Waals surface area (Å²) in [5.74, 6) is -3.37. The van der Waals surface area contributed by atoms with E-state index in [2.05, 4.69) is 5.32 Å². The van der Waals surface area contributed by atoms with Crippen LogP contribution in [0, 0.1) is 11.8 Å². The number of ether oxygens (including phenoxy) is 1. The average molecular weight is 477 g/mol. The van der Waals surface area contributed by atoms with Crippen LogP contribution in [0.5, 0.6) is 11.5 Å². The number of carboxylic acids is 1. The number of carboxylic acid groups (broad SMARTS) is 1. The maximum absolute atomic E-state index is 12.2. The summed E-state index contributed by atoms with van der Waals surface area (Å²) in [5, 5.41) is 41.8. The Morgan fingerprint density at radius 3 is 2.44 bits per heavy atom. The minimum absolute atomic E-state index is 0.0424. The van der Waals surface area contributed by atoms with Crippen LogP contribution in [0.15, 0.2) is 12.1 Å². The number of likely N-dealkylation sites (tertiary alicyclic amines) is 1. The number of rotatable bonds is 10. The normalized spacial score (nSPS) is 22.9. The highest BCUT2D eigenvalue weighted by molar-refractivity contribution is 6.45. The molecule has 1 saturated heterocycles. The summed E-state index contributed by atoms with van der Waals surface area (Å²) in [7, 11) is 1.69. The Labute approximate surface area is 198 Å². The van der Waals surface area contributed by atoms with Gasteiger partial charge in [0.15, 0.2) is 0 Å². The Morgan fingerprint density at radius 2 is 1.91 bits per heavy atom. The zero-order chi connectivity index (χ0) is 25.3. The van der Waals surface area contributed by atoms with Gasteiger partial charge in [-0.2, -0.15) is 0 Å². The SMILES string of the molecule is CC1C(B(O)O)C1c1ccc(OC2CN(C[C@H](C)C(=O)NCC(=O)N(C)C)C2)c(C(=O)O)c1O. The molecule has 1 aliphatic heterocycles. The van der Waals surface area contributed by atoms with E-state index >= 15 is 0 Å². The number of likely N-dealkylation sites (N-methyl/N-ethyl adjacent to an activating group) is 1. The van der Waals surface area contributed by atoms with Gasteiger partial charge in [-0.25, -0.2) is 4.79 Å². The highest BCUT2D eigenvalue weighted by Crippen LogP contribution is 2.61. The summed E-state index contributed by atoms with van der Waals surface area (Å²) in [4.78, 5) is 39.0. The van der Waals surface area contributed by atoms with E-state index in [0.29, 0.717) is 25.2 Å². The topological polar surface area (TPSA) is 160 Å². The van der Waals surface area contributed by atoms with E-state index in [1.165, 1.54) is 11.0 Å². The maximum atomic E-state index is 12.2. The van der Waals surface area contributed by atoms with Crippen molar-refractivity contribution in [2.45, 2.75) is 31.7 Å². The molecule has 4 atom stereocenters. The van der Waals surface area contributed by atoms with E-state index in [4.69, 9.17) is 4.74 Å². The number of carbonyl (C=O) groups is 3. The number of amides is 2. The zero-order valence-electron chi connectivity index (χ0n) is 19.8. The van der Waals surface area contributed by atoms with Gasteiger partial charge in [-0.3, -0.25) is 14.5 Å². The van der Waals surface area contributed by atoms with E-state index in [1.807, 2.05) is 11.8 Å². The van der Waals surface area contributed by atoms with Crippen LogP contribution in [0.3, 0.4) is 0 Å². The Balaban J connectivity index is 1.55. The fraction of sp³-hybridized carbons (Fsp3) is 0.591. The van der Waals surface area contributed by atoms with Crippen molar-refractivity contribution < 1.29 is 39.4 Å². The number of nitrogens with one attached hydrogen (secondary N) is 1. The third kappa shape index (κ3) is 5.45. The molecule has 11 nitrogen and oxygen atoms in total. The molecule has 0 bridgehead atoms. The summed E-state index contributed by atoms with van der Waals surface area (Å²) in [6.45, 7) is 4.93. The molecule has 2 fully saturated rings. The molecule has 5 N–H and O–H groups in total. The van der Waals surface area contributed by atoms with Gasteiger partial charge in [0, 0.05) is 45.5 Å². The van der Waals surface area contributed by atoms with Gasteiger partial charge in [-0.1, -0.05) is 19.9 Å². The van der Waals surface area contributed by atoms with E-state index < -0.39 is 24.7 Å². The predicted molar refractivity (Wildman–Crippen MR) is 123 cm³/mol. The highest BCUT2D eigenvalue weighted by Gasteiger charge is 2.55. The molecule has 1 heterocycles. The number of carbonyl (C=O) groups excluding carboxylic acids is 2. The van der Waals surface area contributed by atoms with Gasteiger partial charge >= 0.3 is 13.1 Å². The minimum atomic E-state index is -1.54.